The van der Waals surface area contributed by atoms with Crippen molar-refractivity contribution in [1.29, 1.82) is 0 Å². The van der Waals surface area contributed by atoms with Gasteiger partial charge in [0.1, 0.15) is 0 Å². The van der Waals surface area contributed by atoms with Gasteiger partial charge in [0.2, 0.25) is 5.79 Å². The Kier molecular flexibility index (Phi) is 4.95. The van der Waals surface area contributed by atoms with E-state index in [9.17, 15) is 4.79 Å². The summed E-state index contributed by atoms with van der Waals surface area (Å²) in [6.07, 6.45) is 3.01. The smallest absolute Gasteiger partial charge is 0.335 e. The highest BCUT2D eigenvalue weighted by Gasteiger charge is 2.69. The van der Waals surface area contributed by atoms with Crippen LogP contribution in [0.2, 0.25) is 0 Å². The number of ether oxygens (including phenoxy) is 3. The first-order valence-corrected chi connectivity index (χ1v) is 11.0. The highest BCUT2D eigenvalue weighted by Crippen LogP contribution is 2.60. The van der Waals surface area contributed by atoms with Crippen LogP contribution in [0.1, 0.15) is 62.4 Å². The zero-order valence-corrected chi connectivity index (χ0v) is 17.7. The third-order valence-corrected chi connectivity index (χ3v) is 7.71. The molecule has 7 nitrogen and oxygen atoms in total. The van der Waals surface area contributed by atoms with Crippen molar-refractivity contribution in [3.63, 3.8) is 0 Å². The molecule has 8 atom stereocenters. The second kappa shape index (κ2) is 7.28. The Morgan fingerprint density at radius 3 is 2.63 bits per heavy atom. The van der Waals surface area contributed by atoms with Gasteiger partial charge in [0.25, 0.3) is 0 Å². The molecule has 0 aromatic heterocycles. The lowest BCUT2D eigenvalue weighted by molar-refractivity contribution is -0.577. The molecule has 6 rings (SSSR count). The number of carboxylic acids is 1. The van der Waals surface area contributed by atoms with Gasteiger partial charge in [-0.05, 0) is 55.7 Å². The normalized spacial score (nSPS) is 44.9. The molecule has 5 aliphatic rings. The van der Waals surface area contributed by atoms with E-state index in [2.05, 4.69) is 13.8 Å². The molecule has 1 unspecified atom stereocenters. The molecule has 30 heavy (non-hydrogen) atoms. The quantitative estimate of drug-likeness (QED) is 0.737. The van der Waals surface area contributed by atoms with Crippen molar-refractivity contribution < 1.29 is 33.9 Å². The molecule has 1 aromatic rings. The first-order chi connectivity index (χ1) is 14.3. The average molecular weight is 418 g/mol. The van der Waals surface area contributed by atoms with Crippen LogP contribution >= 0.6 is 0 Å². The summed E-state index contributed by atoms with van der Waals surface area (Å²) in [4.78, 5) is 23.0. The van der Waals surface area contributed by atoms with E-state index in [4.69, 9.17) is 29.1 Å². The molecule has 0 amide bonds. The molecule has 1 N–H and O–H groups in total. The van der Waals surface area contributed by atoms with Crippen LogP contribution in [0.15, 0.2) is 24.3 Å². The number of hydrogen-bond donors (Lipinski definition) is 1. The Hall–Kier alpha value is -1.51. The molecule has 7 heteroatoms. The van der Waals surface area contributed by atoms with Gasteiger partial charge >= 0.3 is 5.97 Å². The Morgan fingerprint density at radius 1 is 1.13 bits per heavy atom. The lowest BCUT2D eigenvalue weighted by Crippen LogP contribution is -2.70. The van der Waals surface area contributed by atoms with Gasteiger partial charge in [0.15, 0.2) is 18.2 Å². The van der Waals surface area contributed by atoms with E-state index in [0.717, 1.165) is 31.2 Å². The molecule has 1 saturated carbocycles. The Labute approximate surface area is 176 Å². The van der Waals surface area contributed by atoms with Crippen LogP contribution in [0, 0.1) is 23.7 Å². The zero-order chi connectivity index (χ0) is 21.1. The fraction of sp³-hybridized carbons (Fsp3) is 0.696. The van der Waals surface area contributed by atoms with E-state index in [1.807, 2.05) is 6.92 Å². The second-order valence-electron chi connectivity index (χ2n) is 9.59. The van der Waals surface area contributed by atoms with Crippen molar-refractivity contribution in [2.75, 3.05) is 0 Å². The first-order valence-electron chi connectivity index (χ1n) is 11.0. The molecular weight excluding hydrogens is 388 g/mol. The maximum Gasteiger partial charge on any atom is 0.335 e. The molecule has 4 aliphatic heterocycles. The van der Waals surface area contributed by atoms with E-state index in [1.54, 1.807) is 24.3 Å². The van der Waals surface area contributed by atoms with Crippen LogP contribution < -0.4 is 0 Å². The highest BCUT2D eigenvalue weighted by molar-refractivity contribution is 5.87. The standard InChI is InChI=1S/C23H30O7/c1-13-4-9-18-14(2)20(26-12-15-5-7-16(8-6-15)19(24)25)27-21-23(18)17(13)10-11-22(3,28-21)29-30-23/h5-8,13-14,17-18,20-21H,4,9-12H2,1-3H3,(H,24,25)/t13-,14-,17+,18+,20?,21-,22+,23-/m1/s1. The molecule has 0 radical (unpaired) electrons. The van der Waals surface area contributed by atoms with Crippen molar-refractivity contribution in [3.8, 4) is 0 Å². The zero-order valence-electron chi connectivity index (χ0n) is 17.7. The topological polar surface area (TPSA) is 83.5 Å². The van der Waals surface area contributed by atoms with Crippen molar-refractivity contribution >= 4 is 5.97 Å². The summed E-state index contributed by atoms with van der Waals surface area (Å²) in [6.45, 7) is 6.71. The number of rotatable bonds is 4. The minimum absolute atomic E-state index is 0.115. The molecule has 5 fully saturated rings. The van der Waals surface area contributed by atoms with E-state index < -0.39 is 29.9 Å². The lowest BCUT2D eigenvalue weighted by Gasteiger charge is -2.60. The highest BCUT2D eigenvalue weighted by atomic mass is 17.3. The van der Waals surface area contributed by atoms with Gasteiger partial charge in [-0.1, -0.05) is 26.0 Å². The fourth-order valence-electron chi connectivity index (χ4n) is 5.98. The molecule has 4 saturated heterocycles. The van der Waals surface area contributed by atoms with E-state index in [-0.39, 0.29) is 17.4 Å². The van der Waals surface area contributed by atoms with Crippen LogP contribution in [0.25, 0.3) is 0 Å². The summed E-state index contributed by atoms with van der Waals surface area (Å²) < 4.78 is 18.9. The minimum atomic E-state index is -0.936. The van der Waals surface area contributed by atoms with Crippen LogP contribution in [0.5, 0.6) is 0 Å². The lowest BCUT2D eigenvalue weighted by atomic mass is 9.58. The van der Waals surface area contributed by atoms with Gasteiger partial charge in [0.05, 0.1) is 12.2 Å². The Balaban J connectivity index is 1.37. The monoisotopic (exact) mass is 418 g/mol. The van der Waals surface area contributed by atoms with Crippen LogP contribution in [0.4, 0.5) is 0 Å². The summed E-state index contributed by atoms with van der Waals surface area (Å²) in [5.41, 5.74) is 0.579. The van der Waals surface area contributed by atoms with Gasteiger partial charge in [-0.25, -0.2) is 14.6 Å². The van der Waals surface area contributed by atoms with Gasteiger partial charge in [-0.15, -0.1) is 0 Å². The first kappa shape index (κ1) is 20.4. The summed E-state index contributed by atoms with van der Waals surface area (Å²) in [7, 11) is 0. The number of carbonyl (C=O) groups is 1. The van der Waals surface area contributed by atoms with E-state index in [1.165, 1.54) is 0 Å². The minimum Gasteiger partial charge on any atom is -0.478 e. The van der Waals surface area contributed by atoms with Crippen molar-refractivity contribution in [3.05, 3.63) is 35.4 Å². The average Bonchev–Trinajstić information content (AvgIpc) is 2.96. The predicted molar refractivity (Wildman–Crippen MR) is 105 cm³/mol. The summed E-state index contributed by atoms with van der Waals surface area (Å²) in [5, 5.41) is 9.06. The fourth-order valence-corrected chi connectivity index (χ4v) is 5.98. The SMILES string of the molecule is C[C@@H]1CC[C@H]2[C@@H](C)C(OCc3ccc(C(=O)O)cc3)O[C@@H]3O[C@]4(C)CC[C@@H]1[C@]32OO4. The molecule has 1 aliphatic carbocycles. The third kappa shape index (κ3) is 3.10. The molecular formula is C23H30O7. The van der Waals surface area contributed by atoms with Gasteiger partial charge in [0, 0.05) is 18.3 Å². The third-order valence-electron chi connectivity index (χ3n) is 7.71. The Bertz CT molecular complexity index is 810. The van der Waals surface area contributed by atoms with Crippen LogP contribution in [0.3, 0.4) is 0 Å². The predicted octanol–water partition coefficient (Wildman–Crippen LogP) is 4.11. The summed E-state index contributed by atoms with van der Waals surface area (Å²) in [6, 6.07) is 6.74. The van der Waals surface area contributed by atoms with Gasteiger partial charge in [-0.3, -0.25) is 0 Å². The van der Waals surface area contributed by atoms with Crippen molar-refractivity contribution in [1.82, 2.24) is 0 Å². The molecule has 2 bridgehead atoms. The second-order valence-corrected chi connectivity index (χ2v) is 9.59. The largest absolute Gasteiger partial charge is 0.478 e. The van der Waals surface area contributed by atoms with E-state index in [0.29, 0.717) is 18.4 Å². The van der Waals surface area contributed by atoms with Crippen molar-refractivity contribution in [2.24, 2.45) is 23.7 Å². The number of hydrogen-bond acceptors (Lipinski definition) is 6. The maximum atomic E-state index is 11.0. The molecule has 4 heterocycles. The number of carboxylic acid groups (broad SMARTS) is 1. The van der Waals surface area contributed by atoms with Gasteiger partial charge < -0.3 is 19.3 Å². The Morgan fingerprint density at radius 2 is 1.90 bits per heavy atom. The summed E-state index contributed by atoms with van der Waals surface area (Å²) in [5.74, 6) is -0.539. The molecule has 1 spiro atoms. The molecule has 164 valence electrons. The van der Waals surface area contributed by atoms with Crippen molar-refractivity contribution in [2.45, 2.75) is 77.0 Å². The van der Waals surface area contributed by atoms with Crippen LogP contribution in [-0.4, -0.2) is 35.0 Å². The number of aromatic carboxylic acids is 1. The van der Waals surface area contributed by atoms with Gasteiger partial charge in [-0.2, -0.15) is 0 Å². The van der Waals surface area contributed by atoms with E-state index >= 15 is 0 Å². The number of benzene rings is 1. The maximum absolute atomic E-state index is 11.0. The number of fused-ring (bicyclic) bond motifs is 2. The molecule has 1 aromatic carbocycles. The van der Waals surface area contributed by atoms with Crippen LogP contribution in [-0.2, 0) is 30.6 Å². The summed E-state index contributed by atoms with van der Waals surface area (Å²) >= 11 is 0.